The molecule has 2 aromatic rings. The predicted octanol–water partition coefficient (Wildman–Crippen LogP) is 3.16. The van der Waals surface area contributed by atoms with Gasteiger partial charge in [-0.15, -0.1) is 6.58 Å². The largest absolute Gasteiger partial charge is 0.493 e. The van der Waals surface area contributed by atoms with E-state index in [1.807, 2.05) is 0 Å². The average Bonchev–Trinajstić information content (AvgIpc) is 2.65. The molecule has 0 saturated heterocycles. The first-order valence-corrected chi connectivity index (χ1v) is 8.10. The Morgan fingerprint density at radius 1 is 1.04 bits per heavy atom. The zero-order valence-corrected chi connectivity index (χ0v) is 15.2. The van der Waals surface area contributed by atoms with Gasteiger partial charge in [-0.25, -0.2) is 0 Å². The van der Waals surface area contributed by atoms with Gasteiger partial charge in [0.15, 0.2) is 11.5 Å². The van der Waals surface area contributed by atoms with E-state index in [0.717, 1.165) is 5.56 Å². The molecule has 0 heterocycles. The Kier molecular flexibility index (Phi) is 6.63. The SMILES string of the molecule is C=CCc1cc(C(=O)NNC(=O)c2ccc(Cl)cc2)cc(OC)c1OC. The number of halogens is 1. The number of methoxy groups -OCH3 is 2. The number of nitrogens with one attached hydrogen (secondary N) is 2. The van der Waals surface area contributed by atoms with E-state index >= 15 is 0 Å². The van der Waals surface area contributed by atoms with Gasteiger partial charge in [0.25, 0.3) is 11.8 Å². The lowest BCUT2D eigenvalue weighted by Gasteiger charge is -2.14. The Morgan fingerprint density at radius 3 is 2.19 bits per heavy atom. The fourth-order valence-corrected chi connectivity index (χ4v) is 2.47. The maximum absolute atomic E-state index is 12.4. The number of rotatable bonds is 6. The summed E-state index contributed by atoms with van der Waals surface area (Å²) in [6, 6.07) is 9.50. The van der Waals surface area contributed by atoms with Crippen molar-refractivity contribution in [2.24, 2.45) is 0 Å². The van der Waals surface area contributed by atoms with E-state index in [9.17, 15) is 9.59 Å². The molecule has 0 bridgehead atoms. The second-order valence-corrected chi connectivity index (χ2v) is 5.72. The van der Waals surface area contributed by atoms with Gasteiger partial charge in [0.2, 0.25) is 0 Å². The van der Waals surface area contributed by atoms with Crippen LogP contribution in [0.1, 0.15) is 26.3 Å². The van der Waals surface area contributed by atoms with Crippen molar-refractivity contribution < 1.29 is 19.1 Å². The van der Waals surface area contributed by atoms with Gasteiger partial charge in [-0.1, -0.05) is 17.7 Å². The van der Waals surface area contributed by atoms with Crippen LogP contribution in [0.2, 0.25) is 5.02 Å². The molecule has 0 atom stereocenters. The summed E-state index contributed by atoms with van der Waals surface area (Å²) in [5.74, 6) is 0.00978. The van der Waals surface area contributed by atoms with E-state index in [0.29, 0.717) is 34.1 Å². The number of allylic oxidation sites excluding steroid dienone is 1. The summed E-state index contributed by atoms with van der Waals surface area (Å²) < 4.78 is 10.6. The molecule has 0 aliphatic heterocycles. The minimum Gasteiger partial charge on any atom is -0.493 e. The fourth-order valence-electron chi connectivity index (χ4n) is 2.34. The van der Waals surface area contributed by atoms with Crippen LogP contribution in [0, 0.1) is 0 Å². The highest BCUT2D eigenvalue weighted by molar-refractivity contribution is 6.30. The smallest absolute Gasteiger partial charge is 0.269 e. The summed E-state index contributed by atoms with van der Waals surface area (Å²) in [5, 5.41) is 0.519. The third kappa shape index (κ3) is 4.55. The van der Waals surface area contributed by atoms with E-state index < -0.39 is 11.8 Å². The summed E-state index contributed by atoms with van der Waals surface area (Å²) in [6.45, 7) is 3.70. The van der Waals surface area contributed by atoms with Crippen LogP contribution in [0.25, 0.3) is 0 Å². The molecule has 7 heteroatoms. The molecule has 2 aromatic carbocycles. The van der Waals surface area contributed by atoms with Crippen molar-refractivity contribution in [1.82, 2.24) is 10.9 Å². The average molecular weight is 375 g/mol. The van der Waals surface area contributed by atoms with Crippen LogP contribution in [-0.2, 0) is 6.42 Å². The van der Waals surface area contributed by atoms with Gasteiger partial charge in [-0.05, 0) is 42.8 Å². The molecule has 0 aromatic heterocycles. The third-order valence-corrected chi connectivity index (χ3v) is 3.83. The molecule has 0 unspecified atom stereocenters. The molecule has 0 aliphatic carbocycles. The molecular weight excluding hydrogens is 356 g/mol. The van der Waals surface area contributed by atoms with Crippen LogP contribution >= 0.6 is 11.6 Å². The lowest BCUT2D eigenvalue weighted by atomic mass is 10.1. The van der Waals surface area contributed by atoms with Crippen LogP contribution in [0.4, 0.5) is 0 Å². The molecule has 0 radical (unpaired) electrons. The van der Waals surface area contributed by atoms with Gasteiger partial charge in [-0.3, -0.25) is 20.4 Å². The summed E-state index contributed by atoms with van der Waals surface area (Å²) in [5.41, 5.74) is 6.17. The third-order valence-electron chi connectivity index (χ3n) is 3.58. The zero-order chi connectivity index (χ0) is 19.1. The number of carbonyl (C=O) groups is 2. The van der Waals surface area contributed by atoms with Gasteiger partial charge >= 0.3 is 0 Å². The molecule has 6 nitrogen and oxygen atoms in total. The first kappa shape index (κ1) is 19.3. The Hall–Kier alpha value is -2.99. The van der Waals surface area contributed by atoms with Crippen LogP contribution in [-0.4, -0.2) is 26.0 Å². The van der Waals surface area contributed by atoms with Crippen LogP contribution in [0.5, 0.6) is 11.5 Å². The Labute approximate surface area is 156 Å². The molecule has 2 amide bonds. The zero-order valence-electron chi connectivity index (χ0n) is 14.5. The molecular formula is C19H19ClN2O4. The summed E-state index contributed by atoms with van der Waals surface area (Å²) in [7, 11) is 3.01. The number of carbonyl (C=O) groups excluding carboxylic acids is 2. The van der Waals surface area contributed by atoms with Gasteiger partial charge in [0.05, 0.1) is 14.2 Å². The van der Waals surface area contributed by atoms with E-state index in [1.54, 1.807) is 36.4 Å². The number of hydrogen-bond donors (Lipinski definition) is 2. The maximum Gasteiger partial charge on any atom is 0.269 e. The van der Waals surface area contributed by atoms with Crippen molar-refractivity contribution in [3.05, 3.63) is 70.8 Å². The first-order chi connectivity index (χ1) is 12.5. The van der Waals surface area contributed by atoms with E-state index in [4.69, 9.17) is 21.1 Å². The normalized spacial score (nSPS) is 9.96. The van der Waals surface area contributed by atoms with Crippen LogP contribution in [0.3, 0.4) is 0 Å². The van der Waals surface area contributed by atoms with Crippen LogP contribution in [0.15, 0.2) is 49.1 Å². The van der Waals surface area contributed by atoms with Crippen molar-refractivity contribution in [3.63, 3.8) is 0 Å². The van der Waals surface area contributed by atoms with E-state index in [1.165, 1.54) is 20.3 Å². The number of hydrogen-bond acceptors (Lipinski definition) is 4. The molecule has 0 saturated carbocycles. The maximum atomic E-state index is 12.4. The second-order valence-electron chi connectivity index (χ2n) is 5.28. The molecule has 0 aliphatic rings. The van der Waals surface area contributed by atoms with Crippen molar-refractivity contribution in [1.29, 1.82) is 0 Å². The molecule has 2 rings (SSSR count). The fraction of sp³-hybridized carbons (Fsp3) is 0.158. The summed E-state index contributed by atoms with van der Waals surface area (Å²) in [6.07, 6.45) is 2.19. The van der Waals surface area contributed by atoms with E-state index in [2.05, 4.69) is 17.4 Å². The standard InChI is InChI=1S/C19H19ClN2O4/c1-4-5-13-10-14(11-16(25-2)17(13)26-3)19(24)22-21-18(23)12-6-8-15(20)9-7-12/h4,6-11H,1,5H2,2-3H3,(H,21,23)(H,22,24). The number of benzene rings is 2. The highest BCUT2D eigenvalue weighted by Crippen LogP contribution is 2.33. The Bertz CT molecular complexity index is 819. The van der Waals surface area contributed by atoms with Gasteiger partial charge < -0.3 is 9.47 Å². The second kappa shape index (κ2) is 8.92. The topological polar surface area (TPSA) is 76.7 Å². The van der Waals surface area contributed by atoms with Gasteiger partial charge in [0, 0.05) is 21.7 Å². The number of ether oxygens (including phenoxy) is 2. The number of hydrazine groups is 1. The summed E-state index contributed by atoms with van der Waals surface area (Å²) >= 11 is 5.79. The minimum atomic E-state index is -0.487. The Balaban J connectivity index is 2.15. The van der Waals surface area contributed by atoms with Crippen molar-refractivity contribution >= 4 is 23.4 Å². The lowest BCUT2D eigenvalue weighted by molar-refractivity contribution is 0.0846. The van der Waals surface area contributed by atoms with Gasteiger partial charge in [-0.2, -0.15) is 0 Å². The molecule has 26 heavy (non-hydrogen) atoms. The summed E-state index contributed by atoms with van der Waals surface area (Å²) in [4.78, 5) is 24.4. The lowest BCUT2D eigenvalue weighted by Crippen LogP contribution is -2.41. The predicted molar refractivity (Wildman–Crippen MR) is 99.8 cm³/mol. The quantitative estimate of drug-likeness (QED) is 0.601. The highest BCUT2D eigenvalue weighted by atomic mass is 35.5. The molecule has 136 valence electrons. The molecule has 0 spiro atoms. The molecule has 0 fully saturated rings. The number of amides is 2. The van der Waals surface area contributed by atoms with Crippen molar-refractivity contribution in [2.75, 3.05) is 14.2 Å². The van der Waals surface area contributed by atoms with Crippen LogP contribution < -0.4 is 20.3 Å². The molecule has 2 N–H and O–H groups in total. The first-order valence-electron chi connectivity index (χ1n) is 7.72. The highest BCUT2D eigenvalue weighted by Gasteiger charge is 2.16. The Morgan fingerprint density at radius 2 is 1.65 bits per heavy atom. The van der Waals surface area contributed by atoms with Crippen molar-refractivity contribution in [2.45, 2.75) is 6.42 Å². The van der Waals surface area contributed by atoms with Gasteiger partial charge in [0.1, 0.15) is 0 Å². The monoisotopic (exact) mass is 374 g/mol. The van der Waals surface area contributed by atoms with Crippen molar-refractivity contribution in [3.8, 4) is 11.5 Å². The minimum absolute atomic E-state index is 0.316. The van der Waals surface area contributed by atoms with E-state index in [-0.39, 0.29) is 0 Å².